The first-order chi connectivity index (χ1) is 20.9. The highest BCUT2D eigenvalue weighted by Crippen LogP contribution is 2.32. The molecule has 4 aliphatic rings. The molecule has 0 bridgehead atoms. The van der Waals surface area contributed by atoms with Crippen LogP contribution < -0.4 is 43.8 Å². The molecule has 2 saturated heterocycles. The van der Waals surface area contributed by atoms with Crippen LogP contribution in [0.25, 0.3) is 0 Å². The smallest absolute Gasteiger partial charge is 0.250 e. The molecule has 0 aromatic carbocycles. The molecule has 3 heterocycles. The molecule has 1 amide bonds. The third kappa shape index (κ3) is 8.62. The summed E-state index contributed by atoms with van der Waals surface area (Å²) in [4.78, 5) is 12.6. The van der Waals surface area contributed by atoms with E-state index in [1.807, 2.05) is 6.08 Å². The first-order valence-corrected chi connectivity index (χ1v) is 15.3. The molecule has 0 unspecified atom stereocenters. The van der Waals surface area contributed by atoms with Gasteiger partial charge < -0.3 is 83.2 Å². The van der Waals surface area contributed by atoms with Gasteiger partial charge in [0.1, 0.15) is 41.9 Å². The normalized spacial score (nSPS) is 40.4. The maximum Gasteiger partial charge on any atom is 0.250 e. The van der Waals surface area contributed by atoms with Crippen molar-refractivity contribution in [1.82, 2.24) is 26.6 Å². The number of hydrogen-bond donors (Lipinski definition) is 12. The summed E-state index contributed by atoms with van der Waals surface area (Å²) in [6.07, 6.45) is -6.28. The highest BCUT2D eigenvalue weighted by Gasteiger charge is 2.52. The van der Waals surface area contributed by atoms with Gasteiger partial charge in [0.05, 0.1) is 31.3 Å². The predicted octanol–water partition coefficient (Wildman–Crippen LogP) is -6.18. The van der Waals surface area contributed by atoms with Crippen LogP contribution in [0, 0.1) is 0 Å². The second kappa shape index (κ2) is 15.8. The van der Waals surface area contributed by atoms with E-state index in [2.05, 4.69) is 26.6 Å². The number of rotatable bonds is 14. The molecule has 3 aliphatic heterocycles. The van der Waals surface area contributed by atoms with Gasteiger partial charge in [-0.15, -0.1) is 0 Å². The lowest BCUT2D eigenvalue weighted by atomic mass is 9.83. The molecule has 254 valence electrons. The molecule has 17 nitrogen and oxygen atoms in total. The molecular formula is C27H52N8O9. The number of hydrogen-bond acceptors (Lipinski definition) is 16. The van der Waals surface area contributed by atoms with Crippen molar-refractivity contribution in [2.75, 3.05) is 52.9 Å². The van der Waals surface area contributed by atoms with E-state index in [1.54, 1.807) is 7.05 Å². The van der Waals surface area contributed by atoms with Crippen LogP contribution in [-0.4, -0.2) is 158 Å². The Kier molecular flexibility index (Phi) is 12.7. The zero-order chi connectivity index (χ0) is 32.0. The van der Waals surface area contributed by atoms with Crippen LogP contribution in [0.4, 0.5) is 0 Å². The van der Waals surface area contributed by atoms with Crippen LogP contribution in [0.3, 0.4) is 0 Å². The van der Waals surface area contributed by atoms with Gasteiger partial charge in [0.15, 0.2) is 6.29 Å². The van der Waals surface area contributed by atoms with Crippen LogP contribution in [0.1, 0.15) is 19.8 Å². The maximum absolute atomic E-state index is 12.6. The van der Waals surface area contributed by atoms with Gasteiger partial charge in [0.2, 0.25) is 12.2 Å². The molecule has 17 heteroatoms. The highest BCUT2D eigenvalue weighted by atomic mass is 16.7. The Morgan fingerprint density at radius 2 is 1.89 bits per heavy atom. The summed E-state index contributed by atoms with van der Waals surface area (Å²) in [5.41, 5.74) is 16.8. The van der Waals surface area contributed by atoms with Gasteiger partial charge >= 0.3 is 0 Å². The number of nitrogens with two attached hydrogens (primary N) is 3. The number of ether oxygens (including phenoxy) is 4. The number of amides is 1. The van der Waals surface area contributed by atoms with E-state index >= 15 is 0 Å². The van der Waals surface area contributed by atoms with E-state index in [0.717, 1.165) is 26.2 Å². The molecular weight excluding hydrogens is 580 g/mol. The van der Waals surface area contributed by atoms with Gasteiger partial charge in [-0.25, -0.2) is 0 Å². The van der Waals surface area contributed by atoms with Crippen LogP contribution in [0.5, 0.6) is 0 Å². The number of nitrogens with one attached hydrogen (secondary N) is 5. The topological polar surface area (TPSA) is 273 Å². The first-order valence-electron chi connectivity index (χ1n) is 15.3. The zero-order valence-electron chi connectivity index (χ0n) is 25.4. The first kappa shape index (κ1) is 35.3. The summed E-state index contributed by atoms with van der Waals surface area (Å²) < 4.78 is 24.0. The second-order valence-electron chi connectivity index (χ2n) is 12.3. The molecule has 1 saturated carbocycles. The van der Waals surface area contributed by atoms with Crippen LogP contribution in [-0.2, 0) is 23.7 Å². The lowest BCUT2D eigenvalue weighted by Crippen LogP contribution is -2.69. The molecule has 0 aromatic rings. The van der Waals surface area contributed by atoms with Crippen molar-refractivity contribution >= 4 is 5.91 Å². The third-order valence-electron chi connectivity index (χ3n) is 8.65. The molecule has 15 N–H and O–H groups in total. The fourth-order valence-corrected chi connectivity index (χ4v) is 5.91. The minimum atomic E-state index is -1.49. The molecule has 0 spiro atoms. The molecule has 0 aromatic heterocycles. The Hall–Kier alpha value is -1.55. The fraction of sp³-hybridized carbons (Fsp3) is 0.889. The average Bonchev–Trinajstić information content (AvgIpc) is 2.95. The van der Waals surface area contributed by atoms with Crippen molar-refractivity contribution in [2.24, 2.45) is 17.2 Å². The lowest BCUT2D eigenvalue weighted by Gasteiger charge is -2.48. The average molecular weight is 633 g/mol. The number of likely N-dealkylation sites (N-methyl/N-ethyl adjacent to an activating group) is 1. The highest BCUT2D eigenvalue weighted by molar-refractivity contribution is 5.81. The molecule has 1 aliphatic carbocycles. The monoisotopic (exact) mass is 632 g/mol. The predicted molar refractivity (Wildman–Crippen MR) is 158 cm³/mol. The fourth-order valence-electron chi connectivity index (χ4n) is 5.91. The summed E-state index contributed by atoms with van der Waals surface area (Å²) in [5.74, 6) is -0.121. The Bertz CT molecular complexity index is 960. The number of aliphatic hydroxyl groups is 4. The van der Waals surface area contributed by atoms with E-state index in [9.17, 15) is 25.2 Å². The second-order valence-corrected chi connectivity index (χ2v) is 12.3. The van der Waals surface area contributed by atoms with Gasteiger partial charge in [-0.05, 0) is 32.9 Å². The van der Waals surface area contributed by atoms with E-state index in [4.69, 9.17) is 36.1 Å². The van der Waals surface area contributed by atoms with Crippen molar-refractivity contribution in [3.8, 4) is 0 Å². The van der Waals surface area contributed by atoms with Gasteiger partial charge in [-0.1, -0.05) is 0 Å². The van der Waals surface area contributed by atoms with E-state index < -0.39 is 78.8 Å². The van der Waals surface area contributed by atoms with Crippen molar-refractivity contribution in [3.63, 3.8) is 0 Å². The quantitative estimate of drug-likeness (QED) is 0.0794. The maximum atomic E-state index is 12.6. The Labute approximate surface area is 257 Å². The van der Waals surface area contributed by atoms with Crippen LogP contribution >= 0.6 is 0 Å². The zero-order valence-corrected chi connectivity index (χ0v) is 25.4. The molecule has 44 heavy (non-hydrogen) atoms. The molecule has 4 rings (SSSR count). The summed E-state index contributed by atoms with van der Waals surface area (Å²) in [5, 5.41) is 58.6. The standard InChI is InChI=1S/C27H52N8O9/c1-27(40)12-41-26(20(38)23(27)31-2)44-22-17(35-24(39)18(36)8-28)7-16(30)21(19(22)37)43-25-15(29)4-3-14(42-25)11-32-5-6-34-13-9-33-10-13/h3,13,15-23,25-26,31-34,36-38,40H,4-12,28-30H2,1-2H3,(H,35,39)/t15-,16+,17-,18+,19+,20-,21-,22+,23-,25-,26-,27+/m1/s1. The summed E-state index contributed by atoms with van der Waals surface area (Å²) in [6, 6.07) is -2.57. The SMILES string of the molecule is CN[C@@H]1[C@@H](O)[C@@H](O[C@@H]2[C@@H](O)[C@H](O[C@H]3OC(CNCCNC4CNC4)=CC[C@H]3N)[C@@H](N)C[C@H]2NC(=O)[C@@H](O)CN)OC[C@]1(C)O. The Balaban J connectivity index is 1.41. The van der Waals surface area contributed by atoms with Gasteiger partial charge in [-0.3, -0.25) is 4.79 Å². The summed E-state index contributed by atoms with van der Waals surface area (Å²) in [6.45, 7) is 4.99. The minimum Gasteiger partial charge on any atom is -0.467 e. The summed E-state index contributed by atoms with van der Waals surface area (Å²) >= 11 is 0. The Morgan fingerprint density at radius 1 is 1.16 bits per heavy atom. The number of aliphatic hydroxyl groups excluding tert-OH is 3. The molecule has 3 fully saturated rings. The minimum absolute atomic E-state index is 0.0706. The third-order valence-corrected chi connectivity index (χ3v) is 8.65. The van der Waals surface area contributed by atoms with Crippen molar-refractivity contribution in [2.45, 2.75) is 98.7 Å². The van der Waals surface area contributed by atoms with E-state index in [0.29, 0.717) is 24.8 Å². The molecule has 12 atom stereocenters. The lowest BCUT2D eigenvalue weighted by molar-refractivity contribution is -0.304. The number of carbonyl (C=O) groups excluding carboxylic acids is 1. The summed E-state index contributed by atoms with van der Waals surface area (Å²) in [7, 11) is 1.58. The van der Waals surface area contributed by atoms with E-state index in [-0.39, 0.29) is 19.6 Å². The van der Waals surface area contributed by atoms with Crippen molar-refractivity contribution in [3.05, 3.63) is 11.8 Å². The van der Waals surface area contributed by atoms with Gasteiger partial charge in [-0.2, -0.15) is 0 Å². The van der Waals surface area contributed by atoms with E-state index in [1.165, 1.54) is 6.92 Å². The van der Waals surface area contributed by atoms with Crippen LogP contribution in [0.2, 0.25) is 0 Å². The van der Waals surface area contributed by atoms with Gasteiger partial charge in [0.25, 0.3) is 0 Å². The molecule has 0 radical (unpaired) electrons. The van der Waals surface area contributed by atoms with Gasteiger partial charge in [0, 0.05) is 44.8 Å². The van der Waals surface area contributed by atoms with Crippen molar-refractivity contribution in [1.29, 1.82) is 0 Å². The number of carbonyl (C=O) groups is 1. The Morgan fingerprint density at radius 3 is 2.55 bits per heavy atom. The van der Waals surface area contributed by atoms with Crippen molar-refractivity contribution < 1.29 is 44.2 Å². The largest absolute Gasteiger partial charge is 0.467 e. The van der Waals surface area contributed by atoms with Crippen LogP contribution in [0.15, 0.2) is 11.8 Å².